The molecule has 2 aromatic carbocycles. The van der Waals surface area contributed by atoms with Crippen LogP contribution in [0, 0.1) is 12.7 Å². The Morgan fingerprint density at radius 3 is 2.39 bits per heavy atom. The molecule has 4 nitrogen and oxygen atoms in total. The van der Waals surface area contributed by atoms with E-state index in [0.717, 1.165) is 22.8 Å². The zero-order valence-corrected chi connectivity index (χ0v) is 17.8. The summed E-state index contributed by atoms with van der Waals surface area (Å²) in [6.07, 6.45) is 1.77. The zero-order valence-electron chi connectivity index (χ0n) is 16.9. The van der Waals surface area contributed by atoms with E-state index in [-0.39, 0.29) is 17.9 Å². The minimum atomic E-state index is -0.312. The van der Waals surface area contributed by atoms with Crippen LogP contribution in [0.15, 0.2) is 91.1 Å². The largest absolute Gasteiger partial charge is 0.351 e. The number of hydrogen-bond donors (Lipinski definition) is 1. The van der Waals surface area contributed by atoms with Crippen LogP contribution in [0.1, 0.15) is 29.2 Å². The summed E-state index contributed by atoms with van der Waals surface area (Å²) in [5.41, 5.74) is 4.45. The lowest BCUT2D eigenvalue weighted by atomic mass is 10.0. The van der Waals surface area contributed by atoms with Gasteiger partial charge < -0.3 is 14.8 Å². The first-order valence-electron chi connectivity index (χ1n) is 10.1. The van der Waals surface area contributed by atoms with Gasteiger partial charge in [0.15, 0.2) is 5.11 Å². The second-order valence-corrected chi connectivity index (χ2v) is 7.91. The van der Waals surface area contributed by atoms with Crippen LogP contribution in [0.4, 0.5) is 10.1 Å². The van der Waals surface area contributed by atoms with E-state index >= 15 is 0 Å². The zero-order chi connectivity index (χ0) is 21.4. The molecule has 1 aliphatic heterocycles. The summed E-state index contributed by atoms with van der Waals surface area (Å²) in [6, 6.07) is 26.4. The maximum atomic E-state index is 14.9. The number of pyridine rings is 1. The van der Waals surface area contributed by atoms with E-state index in [0.29, 0.717) is 10.8 Å². The van der Waals surface area contributed by atoms with Gasteiger partial charge in [0, 0.05) is 23.3 Å². The molecule has 0 bridgehead atoms. The molecule has 0 saturated carbocycles. The van der Waals surface area contributed by atoms with Crippen molar-refractivity contribution in [1.82, 2.24) is 14.9 Å². The van der Waals surface area contributed by atoms with Gasteiger partial charge in [-0.3, -0.25) is 4.98 Å². The Morgan fingerprint density at radius 1 is 0.903 bits per heavy atom. The minimum Gasteiger partial charge on any atom is -0.351 e. The van der Waals surface area contributed by atoms with Crippen molar-refractivity contribution in [1.29, 1.82) is 0 Å². The highest BCUT2D eigenvalue weighted by atomic mass is 32.1. The highest BCUT2D eigenvalue weighted by molar-refractivity contribution is 7.80. The molecule has 154 valence electrons. The number of nitrogens with one attached hydrogen (secondary N) is 1. The van der Waals surface area contributed by atoms with E-state index in [4.69, 9.17) is 12.2 Å². The van der Waals surface area contributed by atoms with Crippen LogP contribution in [0.5, 0.6) is 0 Å². The summed E-state index contributed by atoms with van der Waals surface area (Å²) < 4.78 is 17.1. The molecule has 1 fully saturated rings. The van der Waals surface area contributed by atoms with Gasteiger partial charge in [0.25, 0.3) is 0 Å². The van der Waals surface area contributed by atoms with Crippen LogP contribution < -0.4 is 10.2 Å². The third kappa shape index (κ3) is 3.39. The Kier molecular flexibility index (Phi) is 5.00. The van der Waals surface area contributed by atoms with E-state index in [1.54, 1.807) is 18.3 Å². The molecule has 0 amide bonds. The summed E-state index contributed by atoms with van der Waals surface area (Å²) in [6.45, 7) is 2.07. The Hall–Kier alpha value is -3.51. The molecule has 1 N–H and O–H groups in total. The Morgan fingerprint density at radius 2 is 1.65 bits per heavy atom. The fourth-order valence-electron chi connectivity index (χ4n) is 4.28. The molecule has 0 radical (unpaired) electrons. The van der Waals surface area contributed by atoms with Crippen LogP contribution in [0.25, 0.3) is 5.69 Å². The van der Waals surface area contributed by atoms with Crippen molar-refractivity contribution in [3.05, 3.63) is 114 Å². The van der Waals surface area contributed by atoms with E-state index in [1.807, 2.05) is 47.4 Å². The van der Waals surface area contributed by atoms with Crippen molar-refractivity contribution in [2.75, 3.05) is 4.90 Å². The van der Waals surface area contributed by atoms with Crippen molar-refractivity contribution in [2.45, 2.75) is 19.0 Å². The van der Waals surface area contributed by atoms with Crippen molar-refractivity contribution in [3.8, 4) is 5.69 Å². The Balaban J connectivity index is 1.72. The predicted molar refractivity (Wildman–Crippen MR) is 125 cm³/mol. The van der Waals surface area contributed by atoms with Crippen molar-refractivity contribution in [3.63, 3.8) is 0 Å². The first-order chi connectivity index (χ1) is 15.1. The Labute approximate surface area is 186 Å². The summed E-state index contributed by atoms with van der Waals surface area (Å²) in [5, 5.41) is 3.87. The second-order valence-electron chi connectivity index (χ2n) is 7.52. The molecule has 4 aromatic rings. The summed E-state index contributed by atoms with van der Waals surface area (Å²) >= 11 is 5.71. The number of rotatable bonds is 4. The summed E-state index contributed by atoms with van der Waals surface area (Å²) in [7, 11) is 0. The molecule has 2 aromatic heterocycles. The molecule has 1 saturated heterocycles. The lowest BCUT2D eigenvalue weighted by Gasteiger charge is -2.29. The number of nitrogens with zero attached hydrogens (tertiary/aromatic N) is 3. The lowest BCUT2D eigenvalue weighted by molar-refractivity contribution is 0.540. The summed E-state index contributed by atoms with van der Waals surface area (Å²) in [5.74, 6) is -0.312. The monoisotopic (exact) mass is 428 g/mol. The fraction of sp³-hybridized carbons (Fsp3) is 0.120. The SMILES string of the molecule is Cc1ccc([C@@H]2[C@H](c3ccccn3)NC(=S)N2c2ccccc2F)n1-c1ccccc1. The quantitative estimate of drug-likeness (QED) is 0.435. The third-order valence-electron chi connectivity index (χ3n) is 5.63. The molecule has 2 atom stereocenters. The van der Waals surface area contributed by atoms with E-state index < -0.39 is 0 Å². The number of halogens is 1. The number of benzene rings is 2. The standard InChI is InChI=1S/C25H21FN4S/c1-17-14-15-22(29(17)18-9-3-2-4-10-18)24-23(20-12-7-8-16-27-20)28-25(31)30(24)21-13-6-5-11-19(21)26/h2-16,23-24H,1H3,(H,28,31)/t23-,24+/m0/s1. The Bertz CT molecular complexity index is 1220. The highest BCUT2D eigenvalue weighted by Gasteiger charge is 2.43. The molecule has 3 heterocycles. The molecular weight excluding hydrogens is 407 g/mol. The number of aromatic nitrogens is 2. The van der Waals surface area contributed by atoms with Gasteiger partial charge in [0.2, 0.25) is 0 Å². The van der Waals surface area contributed by atoms with E-state index in [2.05, 4.69) is 46.1 Å². The first-order valence-corrected chi connectivity index (χ1v) is 10.5. The van der Waals surface area contributed by atoms with Gasteiger partial charge in [-0.25, -0.2) is 4.39 Å². The van der Waals surface area contributed by atoms with E-state index in [1.165, 1.54) is 6.07 Å². The normalized spacial score (nSPS) is 18.3. The third-order valence-corrected chi connectivity index (χ3v) is 5.95. The number of hydrogen-bond acceptors (Lipinski definition) is 2. The summed E-state index contributed by atoms with van der Waals surface area (Å²) in [4.78, 5) is 6.45. The molecule has 0 spiro atoms. The maximum absolute atomic E-state index is 14.9. The molecule has 0 unspecified atom stereocenters. The number of para-hydroxylation sites is 2. The van der Waals surface area contributed by atoms with Gasteiger partial charge in [0.1, 0.15) is 11.9 Å². The van der Waals surface area contributed by atoms with Crippen LogP contribution in [0.3, 0.4) is 0 Å². The first kappa shape index (κ1) is 19.5. The van der Waals surface area contributed by atoms with E-state index in [9.17, 15) is 4.39 Å². The minimum absolute atomic E-state index is 0.231. The van der Waals surface area contributed by atoms with Gasteiger partial charge in [-0.05, 0) is 67.7 Å². The van der Waals surface area contributed by atoms with Gasteiger partial charge in [-0.2, -0.15) is 0 Å². The van der Waals surface area contributed by atoms with Crippen LogP contribution in [-0.4, -0.2) is 14.7 Å². The molecular formula is C25H21FN4S. The van der Waals surface area contributed by atoms with Gasteiger partial charge >= 0.3 is 0 Å². The number of aryl methyl sites for hydroxylation is 1. The number of anilines is 1. The molecule has 0 aliphatic carbocycles. The van der Waals surface area contributed by atoms with Crippen LogP contribution in [0.2, 0.25) is 0 Å². The maximum Gasteiger partial charge on any atom is 0.174 e. The highest BCUT2D eigenvalue weighted by Crippen LogP contribution is 2.43. The van der Waals surface area contributed by atoms with Crippen molar-refractivity contribution in [2.24, 2.45) is 0 Å². The van der Waals surface area contributed by atoms with Gasteiger partial charge in [0.05, 0.1) is 17.4 Å². The molecule has 1 aliphatic rings. The van der Waals surface area contributed by atoms with Gasteiger partial charge in [-0.15, -0.1) is 0 Å². The smallest absolute Gasteiger partial charge is 0.174 e. The lowest BCUT2D eigenvalue weighted by Crippen LogP contribution is -2.31. The molecule has 6 heteroatoms. The second kappa shape index (κ2) is 7.96. The van der Waals surface area contributed by atoms with Crippen LogP contribution >= 0.6 is 12.2 Å². The average Bonchev–Trinajstić information content (AvgIpc) is 3.35. The fourth-order valence-corrected chi connectivity index (χ4v) is 4.62. The van der Waals surface area contributed by atoms with Crippen molar-refractivity contribution < 1.29 is 4.39 Å². The number of thiocarbonyl (C=S) groups is 1. The van der Waals surface area contributed by atoms with Crippen molar-refractivity contribution >= 4 is 23.0 Å². The van der Waals surface area contributed by atoms with Crippen LogP contribution in [-0.2, 0) is 0 Å². The van der Waals surface area contributed by atoms with Gasteiger partial charge in [-0.1, -0.05) is 36.4 Å². The topological polar surface area (TPSA) is 33.1 Å². The average molecular weight is 429 g/mol. The predicted octanol–water partition coefficient (Wildman–Crippen LogP) is 5.50. The molecule has 31 heavy (non-hydrogen) atoms. The molecule has 5 rings (SSSR count).